The highest BCUT2D eigenvalue weighted by molar-refractivity contribution is 5.98. The normalized spacial score (nSPS) is 11.6. The molecule has 0 atom stereocenters. The average Bonchev–Trinajstić information content (AvgIpc) is 2.51. The molecule has 0 saturated carbocycles. The van der Waals surface area contributed by atoms with Crippen LogP contribution in [0, 0.1) is 6.92 Å². The number of hydrogen-bond acceptors (Lipinski definition) is 3. The largest absolute Gasteiger partial charge is 0.380 e. The standard InChI is InChI=1S/C17H16N2O2/c1-13-6-5-9-15(12-13)17(18)19-21-16(20)11-10-14-7-3-2-4-8-14/h2-12H,1H3,(H2,18,19). The van der Waals surface area contributed by atoms with Crippen molar-refractivity contribution in [2.45, 2.75) is 6.92 Å². The molecule has 21 heavy (non-hydrogen) atoms. The molecule has 0 unspecified atom stereocenters. The topological polar surface area (TPSA) is 64.7 Å². The molecule has 0 saturated heterocycles. The van der Waals surface area contributed by atoms with E-state index in [1.54, 1.807) is 12.1 Å². The molecule has 0 aliphatic rings. The van der Waals surface area contributed by atoms with Crippen molar-refractivity contribution in [3.8, 4) is 0 Å². The molecular formula is C17H16N2O2. The van der Waals surface area contributed by atoms with E-state index in [-0.39, 0.29) is 5.84 Å². The molecule has 4 heteroatoms. The smallest absolute Gasteiger partial charge is 0.358 e. The lowest BCUT2D eigenvalue weighted by Crippen LogP contribution is -2.14. The Morgan fingerprint density at radius 2 is 1.90 bits per heavy atom. The Hall–Kier alpha value is -2.88. The summed E-state index contributed by atoms with van der Waals surface area (Å²) in [6, 6.07) is 16.9. The zero-order valence-corrected chi connectivity index (χ0v) is 11.7. The molecule has 0 radical (unpaired) electrons. The van der Waals surface area contributed by atoms with E-state index in [9.17, 15) is 4.79 Å². The lowest BCUT2D eigenvalue weighted by Gasteiger charge is -2.00. The van der Waals surface area contributed by atoms with Gasteiger partial charge in [0, 0.05) is 11.6 Å². The predicted molar refractivity (Wildman–Crippen MR) is 83.5 cm³/mol. The van der Waals surface area contributed by atoms with Gasteiger partial charge in [0.05, 0.1) is 0 Å². The number of rotatable bonds is 4. The summed E-state index contributed by atoms with van der Waals surface area (Å²) in [5.41, 5.74) is 8.45. The van der Waals surface area contributed by atoms with Crippen LogP contribution >= 0.6 is 0 Å². The molecule has 4 nitrogen and oxygen atoms in total. The van der Waals surface area contributed by atoms with Gasteiger partial charge in [-0.2, -0.15) is 0 Å². The lowest BCUT2D eigenvalue weighted by molar-refractivity contribution is -0.137. The van der Waals surface area contributed by atoms with Crippen LogP contribution < -0.4 is 5.73 Å². The summed E-state index contributed by atoms with van der Waals surface area (Å²) < 4.78 is 0. The maximum absolute atomic E-state index is 11.5. The fourth-order valence-electron chi connectivity index (χ4n) is 1.71. The van der Waals surface area contributed by atoms with Crippen LogP contribution in [0.4, 0.5) is 0 Å². The van der Waals surface area contributed by atoms with Crippen LogP contribution in [-0.4, -0.2) is 11.8 Å². The van der Waals surface area contributed by atoms with Gasteiger partial charge in [-0.15, -0.1) is 0 Å². The molecular weight excluding hydrogens is 264 g/mol. The zero-order chi connectivity index (χ0) is 15.1. The van der Waals surface area contributed by atoms with E-state index in [0.717, 1.165) is 16.7 Å². The SMILES string of the molecule is Cc1cccc(C(N)=NOC(=O)C=Cc2ccccc2)c1. The van der Waals surface area contributed by atoms with Crippen LogP contribution in [0.15, 0.2) is 65.8 Å². The third-order valence-corrected chi connectivity index (χ3v) is 2.76. The summed E-state index contributed by atoms with van der Waals surface area (Å²) in [7, 11) is 0. The number of carbonyl (C=O) groups excluding carboxylic acids is 1. The summed E-state index contributed by atoms with van der Waals surface area (Å²) in [6.45, 7) is 1.95. The molecule has 0 spiro atoms. The van der Waals surface area contributed by atoms with Crippen LogP contribution in [0.1, 0.15) is 16.7 Å². The van der Waals surface area contributed by atoms with Gasteiger partial charge in [-0.05, 0) is 24.6 Å². The number of nitrogens with zero attached hydrogens (tertiary/aromatic N) is 1. The summed E-state index contributed by atoms with van der Waals surface area (Å²) in [4.78, 5) is 16.3. The van der Waals surface area contributed by atoms with Gasteiger partial charge in [-0.3, -0.25) is 0 Å². The number of aryl methyl sites for hydroxylation is 1. The van der Waals surface area contributed by atoms with Gasteiger partial charge < -0.3 is 10.6 Å². The molecule has 0 bridgehead atoms. The molecule has 2 N–H and O–H groups in total. The van der Waals surface area contributed by atoms with E-state index < -0.39 is 5.97 Å². The number of oxime groups is 1. The van der Waals surface area contributed by atoms with Gasteiger partial charge in [0.2, 0.25) is 0 Å². The van der Waals surface area contributed by atoms with Crippen molar-refractivity contribution in [2.24, 2.45) is 10.9 Å². The van der Waals surface area contributed by atoms with Crippen molar-refractivity contribution in [3.05, 3.63) is 77.4 Å². The summed E-state index contributed by atoms with van der Waals surface area (Å²) in [6.07, 6.45) is 2.96. The zero-order valence-electron chi connectivity index (χ0n) is 11.7. The van der Waals surface area contributed by atoms with Crippen molar-refractivity contribution in [3.63, 3.8) is 0 Å². The van der Waals surface area contributed by atoms with E-state index in [0.29, 0.717) is 0 Å². The predicted octanol–water partition coefficient (Wildman–Crippen LogP) is 2.87. The minimum Gasteiger partial charge on any atom is -0.380 e. The Labute approximate surface area is 123 Å². The molecule has 0 aromatic heterocycles. The molecule has 0 fully saturated rings. The first-order chi connectivity index (χ1) is 10.1. The monoisotopic (exact) mass is 280 g/mol. The van der Waals surface area contributed by atoms with Crippen LogP contribution in [0.2, 0.25) is 0 Å². The maximum atomic E-state index is 11.5. The summed E-state index contributed by atoms with van der Waals surface area (Å²) in [5, 5.41) is 3.64. The maximum Gasteiger partial charge on any atom is 0.358 e. The Balaban J connectivity index is 1.97. The highest BCUT2D eigenvalue weighted by atomic mass is 16.7. The highest BCUT2D eigenvalue weighted by Gasteiger charge is 2.01. The summed E-state index contributed by atoms with van der Waals surface area (Å²) in [5.74, 6) is -0.408. The van der Waals surface area contributed by atoms with Gasteiger partial charge in [0.15, 0.2) is 5.84 Å². The molecule has 0 aliphatic carbocycles. The first-order valence-electron chi connectivity index (χ1n) is 6.50. The van der Waals surface area contributed by atoms with E-state index in [1.165, 1.54) is 6.08 Å². The van der Waals surface area contributed by atoms with Crippen molar-refractivity contribution in [1.82, 2.24) is 0 Å². The van der Waals surface area contributed by atoms with Gasteiger partial charge in [0.1, 0.15) is 0 Å². The van der Waals surface area contributed by atoms with E-state index in [4.69, 9.17) is 10.6 Å². The molecule has 2 rings (SSSR count). The lowest BCUT2D eigenvalue weighted by atomic mass is 10.1. The first-order valence-corrected chi connectivity index (χ1v) is 6.50. The number of nitrogens with two attached hydrogens (primary N) is 1. The number of hydrogen-bond donors (Lipinski definition) is 1. The Morgan fingerprint density at radius 3 is 2.62 bits per heavy atom. The number of amidine groups is 1. The minimum atomic E-state index is -0.575. The Bertz CT molecular complexity index is 676. The van der Waals surface area contributed by atoms with Gasteiger partial charge in [-0.25, -0.2) is 4.79 Å². The molecule has 0 heterocycles. The van der Waals surface area contributed by atoms with E-state index in [1.807, 2.05) is 55.5 Å². The fourth-order valence-corrected chi connectivity index (χ4v) is 1.71. The van der Waals surface area contributed by atoms with E-state index >= 15 is 0 Å². The average molecular weight is 280 g/mol. The molecule has 0 amide bonds. The van der Waals surface area contributed by atoms with Crippen LogP contribution in [-0.2, 0) is 9.63 Å². The second kappa shape index (κ2) is 7.05. The Morgan fingerprint density at radius 1 is 1.14 bits per heavy atom. The number of benzene rings is 2. The third-order valence-electron chi connectivity index (χ3n) is 2.76. The first kappa shape index (κ1) is 14.5. The van der Waals surface area contributed by atoms with Crippen molar-refractivity contribution < 1.29 is 9.63 Å². The van der Waals surface area contributed by atoms with Crippen LogP contribution in [0.5, 0.6) is 0 Å². The Kier molecular flexibility index (Phi) is 4.88. The van der Waals surface area contributed by atoms with Crippen molar-refractivity contribution >= 4 is 17.9 Å². The minimum absolute atomic E-state index is 0.167. The molecule has 2 aromatic rings. The second-order valence-electron chi connectivity index (χ2n) is 4.50. The summed E-state index contributed by atoms with van der Waals surface area (Å²) >= 11 is 0. The van der Waals surface area contributed by atoms with Crippen molar-refractivity contribution in [1.29, 1.82) is 0 Å². The third kappa shape index (κ3) is 4.62. The second-order valence-corrected chi connectivity index (χ2v) is 4.50. The van der Waals surface area contributed by atoms with Gasteiger partial charge in [0.25, 0.3) is 0 Å². The molecule has 0 aliphatic heterocycles. The van der Waals surface area contributed by atoms with Crippen LogP contribution in [0.3, 0.4) is 0 Å². The number of carbonyl (C=O) groups is 1. The quantitative estimate of drug-likeness (QED) is 0.308. The van der Waals surface area contributed by atoms with Gasteiger partial charge in [-0.1, -0.05) is 59.3 Å². The fraction of sp³-hybridized carbons (Fsp3) is 0.0588. The van der Waals surface area contributed by atoms with Gasteiger partial charge >= 0.3 is 5.97 Å². The highest BCUT2D eigenvalue weighted by Crippen LogP contribution is 2.04. The van der Waals surface area contributed by atoms with Crippen molar-refractivity contribution in [2.75, 3.05) is 0 Å². The van der Waals surface area contributed by atoms with E-state index in [2.05, 4.69) is 5.16 Å². The van der Waals surface area contributed by atoms with Crippen LogP contribution in [0.25, 0.3) is 6.08 Å². The molecule has 106 valence electrons. The molecule has 2 aromatic carbocycles.